The quantitative estimate of drug-likeness (QED) is 0.721. The molecule has 0 saturated carbocycles. The summed E-state index contributed by atoms with van der Waals surface area (Å²) in [6.45, 7) is 1.75. The van der Waals surface area contributed by atoms with Gasteiger partial charge in [-0.2, -0.15) is 0 Å². The molecule has 0 unspecified atom stereocenters. The number of furan rings is 1. The monoisotopic (exact) mass is 290 g/mol. The van der Waals surface area contributed by atoms with Gasteiger partial charge in [-0.3, -0.25) is 13.9 Å². The highest BCUT2D eigenvalue weighted by atomic mass is 16.4. The van der Waals surface area contributed by atoms with Crippen molar-refractivity contribution in [2.45, 2.75) is 13.5 Å². The van der Waals surface area contributed by atoms with Crippen LogP contribution in [-0.4, -0.2) is 23.8 Å². The number of fused-ring (bicyclic) bond motifs is 1. The highest BCUT2D eigenvalue weighted by molar-refractivity contribution is 5.71. The summed E-state index contributed by atoms with van der Waals surface area (Å²) in [5.74, 6) is 0.807. The standard InChI is InChI=1S/C13H14N4O4/c1-7-14-11-10(15(7)2)12(19)16(3)13(20)17(11)6-9-8(18)4-5-21-9/h4-5,18H,6H2,1-3H3. The molecule has 0 aromatic carbocycles. The average molecular weight is 290 g/mol. The molecule has 21 heavy (non-hydrogen) atoms. The summed E-state index contributed by atoms with van der Waals surface area (Å²) in [5.41, 5.74) is -0.307. The molecule has 0 amide bonds. The number of aromatic nitrogens is 4. The van der Waals surface area contributed by atoms with Crippen molar-refractivity contribution in [3.05, 3.63) is 44.8 Å². The van der Waals surface area contributed by atoms with Crippen molar-refractivity contribution in [1.29, 1.82) is 0 Å². The summed E-state index contributed by atoms with van der Waals surface area (Å²) in [4.78, 5) is 28.8. The van der Waals surface area contributed by atoms with Gasteiger partial charge in [-0.05, 0) is 6.92 Å². The molecule has 0 saturated heterocycles. The maximum Gasteiger partial charge on any atom is 0.332 e. The van der Waals surface area contributed by atoms with Crippen LogP contribution in [0.3, 0.4) is 0 Å². The van der Waals surface area contributed by atoms with E-state index in [1.165, 1.54) is 23.9 Å². The Hall–Kier alpha value is -2.77. The Bertz CT molecular complexity index is 957. The number of hydrogen-bond acceptors (Lipinski definition) is 5. The average Bonchev–Trinajstić information content (AvgIpc) is 2.97. The van der Waals surface area contributed by atoms with E-state index in [-0.39, 0.29) is 23.7 Å². The Morgan fingerprint density at radius 2 is 2.00 bits per heavy atom. The number of rotatable bonds is 2. The predicted octanol–water partition coefficient (Wildman–Crippen LogP) is 0.0890. The first-order valence-corrected chi connectivity index (χ1v) is 6.30. The zero-order valence-corrected chi connectivity index (χ0v) is 11.8. The van der Waals surface area contributed by atoms with Crippen LogP contribution in [0.2, 0.25) is 0 Å². The number of imidazole rings is 1. The molecular weight excluding hydrogens is 276 g/mol. The Morgan fingerprint density at radius 1 is 1.29 bits per heavy atom. The third kappa shape index (κ3) is 1.79. The largest absolute Gasteiger partial charge is 0.504 e. The highest BCUT2D eigenvalue weighted by Crippen LogP contribution is 2.19. The maximum atomic E-state index is 12.3. The molecule has 0 radical (unpaired) electrons. The second kappa shape index (κ2) is 4.37. The Balaban J connectivity index is 2.37. The van der Waals surface area contributed by atoms with Crippen LogP contribution < -0.4 is 11.2 Å². The van der Waals surface area contributed by atoms with Gasteiger partial charge < -0.3 is 14.1 Å². The van der Waals surface area contributed by atoms with Gasteiger partial charge in [0.05, 0.1) is 12.8 Å². The molecule has 3 rings (SSSR count). The summed E-state index contributed by atoms with van der Waals surface area (Å²) in [6, 6.07) is 1.39. The van der Waals surface area contributed by atoms with E-state index >= 15 is 0 Å². The van der Waals surface area contributed by atoms with E-state index in [0.29, 0.717) is 11.3 Å². The molecule has 0 atom stereocenters. The second-order valence-electron chi connectivity index (χ2n) is 4.85. The normalized spacial score (nSPS) is 11.4. The fraction of sp³-hybridized carbons (Fsp3) is 0.308. The third-order valence-electron chi connectivity index (χ3n) is 3.60. The highest BCUT2D eigenvalue weighted by Gasteiger charge is 2.18. The molecule has 3 aromatic heterocycles. The lowest BCUT2D eigenvalue weighted by Crippen LogP contribution is -2.38. The molecule has 0 fully saturated rings. The van der Waals surface area contributed by atoms with Gasteiger partial charge in [0.1, 0.15) is 5.82 Å². The second-order valence-corrected chi connectivity index (χ2v) is 4.85. The SMILES string of the molecule is Cc1nc2c(c(=O)n(C)c(=O)n2Cc2occc2O)n1C. The molecule has 1 N–H and O–H groups in total. The lowest BCUT2D eigenvalue weighted by atomic mass is 10.4. The fourth-order valence-corrected chi connectivity index (χ4v) is 2.28. The van der Waals surface area contributed by atoms with Crippen LogP contribution >= 0.6 is 0 Å². The summed E-state index contributed by atoms with van der Waals surface area (Å²) in [6.07, 6.45) is 1.33. The molecule has 0 spiro atoms. The number of aromatic hydroxyl groups is 1. The first-order chi connectivity index (χ1) is 9.91. The van der Waals surface area contributed by atoms with Crippen molar-refractivity contribution in [2.24, 2.45) is 14.1 Å². The van der Waals surface area contributed by atoms with Crippen molar-refractivity contribution in [1.82, 2.24) is 18.7 Å². The van der Waals surface area contributed by atoms with Crippen molar-refractivity contribution in [2.75, 3.05) is 0 Å². The van der Waals surface area contributed by atoms with Crippen LogP contribution in [-0.2, 0) is 20.6 Å². The van der Waals surface area contributed by atoms with E-state index in [9.17, 15) is 14.7 Å². The van der Waals surface area contributed by atoms with Crippen LogP contribution in [0.25, 0.3) is 11.2 Å². The van der Waals surface area contributed by atoms with Crippen LogP contribution in [0.15, 0.2) is 26.3 Å². The molecular formula is C13H14N4O4. The first kappa shape index (κ1) is 13.2. The summed E-state index contributed by atoms with van der Waals surface area (Å²) in [5, 5.41) is 9.66. The minimum atomic E-state index is -0.513. The van der Waals surface area contributed by atoms with Crippen LogP contribution in [0.4, 0.5) is 0 Å². The van der Waals surface area contributed by atoms with Gasteiger partial charge in [0.15, 0.2) is 22.7 Å². The molecule has 3 aromatic rings. The molecule has 0 bridgehead atoms. The van der Waals surface area contributed by atoms with Gasteiger partial charge in [-0.1, -0.05) is 0 Å². The van der Waals surface area contributed by atoms with E-state index in [1.807, 2.05) is 0 Å². The number of hydrogen-bond donors (Lipinski definition) is 1. The molecule has 0 aliphatic heterocycles. The summed E-state index contributed by atoms with van der Waals surface area (Å²) >= 11 is 0. The summed E-state index contributed by atoms with van der Waals surface area (Å²) in [7, 11) is 3.12. The van der Waals surface area contributed by atoms with Gasteiger partial charge in [0.25, 0.3) is 5.56 Å². The zero-order valence-electron chi connectivity index (χ0n) is 11.8. The molecule has 8 heteroatoms. The third-order valence-corrected chi connectivity index (χ3v) is 3.60. The van der Waals surface area contributed by atoms with Crippen molar-refractivity contribution >= 4 is 11.2 Å². The van der Waals surface area contributed by atoms with Crippen molar-refractivity contribution < 1.29 is 9.52 Å². The van der Waals surface area contributed by atoms with E-state index in [4.69, 9.17) is 4.42 Å². The summed E-state index contributed by atoms with van der Waals surface area (Å²) < 4.78 is 9.11. The smallest absolute Gasteiger partial charge is 0.332 e. The molecule has 3 heterocycles. The minimum absolute atomic E-state index is 0.00125. The fourth-order valence-electron chi connectivity index (χ4n) is 2.28. The molecule has 0 aliphatic carbocycles. The Morgan fingerprint density at radius 3 is 2.62 bits per heavy atom. The van der Waals surface area contributed by atoms with Crippen LogP contribution in [0.1, 0.15) is 11.6 Å². The number of aryl methyl sites for hydroxylation is 2. The van der Waals surface area contributed by atoms with E-state index < -0.39 is 11.2 Å². The van der Waals surface area contributed by atoms with Gasteiger partial charge in [0, 0.05) is 20.2 Å². The van der Waals surface area contributed by atoms with Crippen molar-refractivity contribution in [3.63, 3.8) is 0 Å². The first-order valence-electron chi connectivity index (χ1n) is 6.30. The maximum absolute atomic E-state index is 12.3. The van der Waals surface area contributed by atoms with Crippen molar-refractivity contribution in [3.8, 4) is 5.75 Å². The topological polar surface area (TPSA) is 95.2 Å². The molecule has 8 nitrogen and oxygen atoms in total. The Labute approximate surface area is 118 Å². The number of nitrogens with zero attached hydrogens (tertiary/aromatic N) is 4. The van der Waals surface area contributed by atoms with E-state index in [1.54, 1.807) is 18.5 Å². The van der Waals surface area contributed by atoms with Gasteiger partial charge in [-0.15, -0.1) is 0 Å². The predicted molar refractivity (Wildman–Crippen MR) is 74.4 cm³/mol. The molecule has 0 aliphatic rings. The zero-order chi connectivity index (χ0) is 15.3. The van der Waals surface area contributed by atoms with Gasteiger partial charge in [0.2, 0.25) is 0 Å². The molecule has 110 valence electrons. The van der Waals surface area contributed by atoms with E-state index in [2.05, 4.69) is 4.98 Å². The van der Waals surface area contributed by atoms with E-state index in [0.717, 1.165) is 4.57 Å². The Kier molecular flexibility index (Phi) is 2.75. The minimum Gasteiger partial charge on any atom is -0.504 e. The van der Waals surface area contributed by atoms with Crippen LogP contribution in [0, 0.1) is 6.92 Å². The lowest BCUT2D eigenvalue weighted by molar-refractivity contribution is 0.421. The van der Waals surface area contributed by atoms with Gasteiger partial charge >= 0.3 is 5.69 Å². The van der Waals surface area contributed by atoms with Crippen LogP contribution in [0.5, 0.6) is 5.75 Å². The lowest BCUT2D eigenvalue weighted by Gasteiger charge is -2.07. The van der Waals surface area contributed by atoms with Gasteiger partial charge in [-0.25, -0.2) is 9.78 Å².